The van der Waals surface area contributed by atoms with E-state index in [-0.39, 0.29) is 18.6 Å². The summed E-state index contributed by atoms with van der Waals surface area (Å²) in [6, 6.07) is 11.2. The first-order chi connectivity index (χ1) is 8.49. The van der Waals surface area contributed by atoms with Crippen molar-refractivity contribution in [3.8, 4) is 6.07 Å². The Labute approximate surface area is 107 Å². The largest absolute Gasteiger partial charge is 0.394 e. The number of nitriles is 1. The van der Waals surface area contributed by atoms with Crippen LogP contribution in [-0.4, -0.2) is 23.7 Å². The van der Waals surface area contributed by atoms with E-state index in [0.29, 0.717) is 6.42 Å². The van der Waals surface area contributed by atoms with Gasteiger partial charge < -0.3 is 10.4 Å². The molecule has 0 saturated heterocycles. The Morgan fingerprint density at radius 2 is 2.06 bits per heavy atom. The minimum Gasteiger partial charge on any atom is -0.394 e. The predicted octanol–water partition coefficient (Wildman–Crippen LogP) is 1.26. The number of carbonyl (C=O) groups excluding carboxylic acids is 1. The highest BCUT2D eigenvalue weighted by Gasteiger charge is 2.28. The van der Waals surface area contributed by atoms with Crippen LogP contribution in [0.3, 0.4) is 0 Å². The van der Waals surface area contributed by atoms with Gasteiger partial charge in [0.05, 0.1) is 18.7 Å². The van der Waals surface area contributed by atoms with Crippen LogP contribution in [-0.2, 0) is 11.2 Å². The molecule has 18 heavy (non-hydrogen) atoms. The average molecular weight is 246 g/mol. The molecule has 4 nitrogen and oxygen atoms in total. The lowest BCUT2D eigenvalue weighted by atomic mass is 9.94. The van der Waals surface area contributed by atoms with E-state index in [9.17, 15) is 9.90 Å². The van der Waals surface area contributed by atoms with Crippen LogP contribution in [0.4, 0.5) is 0 Å². The van der Waals surface area contributed by atoms with Gasteiger partial charge in [0.2, 0.25) is 5.91 Å². The lowest BCUT2D eigenvalue weighted by Gasteiger charge is -2.21. The number of benzene rings is 1. The van der Waals surface area contributed by atoms with Crippen molar-refractivity contribution < 1.29 is 9.90 Å². The van der Waals surface area contributed by atoms with Gasteiger partial charge in [-0.15, -0.1) is 0 Å². The fourth-order valence-electron chi connectivity index (χ4n) is 1.48. The van der Waals surface area contributed by atoms with Crippen LogP contribution in [0.2, 0.25) is 0 Å². The molecule has 0 saturated carbocycles. The van der Waals surface area contributed by atoms with E-state index in [1.165, 1.54) is 0 Å². The number of aliphatic hydroxyl groups excluding tert-OH is 1. The number of nitrogens with one attached hydrogen (secondary N) is 1. The lowest BCUT2D eigenvalue weighted by molar-refractivity contribution is -0.127. The first-order valence-electron chi connectivity index (χ1n) is 5.86. The van der Waals surface area contributed by atoms with E-state index >= 15 is 0 Å². The summed E-state index contributed by atoms with van der Waals surface area (Å²) in [5, 5.41) is 20.8. The highest BCUT2D eigenvalue weighted by molar-refractivity contribution is 5.84. The minimum absolute atomic E-state index is 0.151. The second-order valence-electron chi connectivity index (χ2n) is 4.78. The molecule has 0 bridgehead atoms. The lowest BCUT2D eigenvalue weighted by Crippen LogP contribution is -2.45. The van der Waals surface area contributed by atoms with Gasteiger partial charge in [0.25, 0.3) is 0 Å². The van der Waals surface area contributed by atoms with Crippen LogP contribution in [0.15, 0.2) is 30.3 Å². The molecule has 1 aromatic rings. The maximum Gasteiger partial charge on any atom is 0.240 e. The van der Waals surface area contributed by atoms with Crippen molar-refractivity contribution in [1.29, 1.82) is 5.26 Å². The second-order valence-corrected chi connectivity index (χ2v) is 4.78. The molecule has 96 valence electrons. The molecule has 0 aliphatic carbocycles. The molecule has 0 aromatic heterocycles. The Morgan fingerprint density at radius 1 is 1.44 bits per heavy atom. The zero-order chi connectivity index (χ0) is 13.6. The zero-order valence-corrected chi connectivity index (χ0v) is 10.7. The van der Waals surface area contributed by atoms with Crippen LogP contribution < -0.4 is 5.32 Å². The van der Waals surface area contributed by atoms with Crippen molar-refractivity contribution >= 4 is 5.91 Å². The van der Waals surface area contributed by atoms with Gasteiger partial charge in [-0.2, -0.15) is 5.26 Å². The van der Waals surface area contributed by atoms with Gasteiger partial charge in [0.15, 0.2) is 0 Å². The van der Waals surface area contributed by atoms with E-state index in [0.717, 1.165) is 5.56 Å². The van der Waals surface area contributed by atoms with Crippen molar-refractivity contribution in [2.24, 2.45) is 5.41 Å². The van der Waals surface area contributed by atoms with E-state index < -0.39 is 5.41 Å². The molecule has 0 fully saturated rings. The molecule has 1 aromatic carbocycles. The number of amides is 1. The maximum atomic E-state index is 11.8. The summed E-state index contributed by atoms with van der Waals surface area (Å²) in [6.45, 7) is 2.96. The molecule has 1 atom stereocenters. The third-order valence-corrected chi connectivity index (χ3v) is 2.73. The maximum absolute atomic E-state index is 11.8. The molecule has 1 rings (SSSR count). The molecule has 0 heterocycles. The Bertz CT molecular complexity index is 435. The summed E-state index contributed by atoms with van der Waals surface area (Å²) < 4.78 is 0. The van der Waals surface area contributed by atoms with E-state index in [1.807, 2.05) is 36.4 Å². The van der Waals surface area contributed by atoms with Gasteiger partial charge in [0.1, 0.15) is 5.41 Å². The smallest absolute Gasteiger partial charge is 0.240 e. The standard InChI is InChI=1S/C14H18N2O2/c1-14(2,10-15)13(18)16-12(9-17)8-11-6-4-3-5-7-11/h3-7,12,17H,8-9H2,1-2H3,(H,16,18). The Kier molecular flexibility index (Phi) is 4.87. The third kappa shape index (κ3) is 3.86. The van der Waals surface area contributed by atoms with Crippen molar-refractivity contribution in [3.05, 3.63) is 35.9 Å². The summed E-state index contributed by atoms with van der Waals surface area (Å²) in [6.07, 6.45) is 0.546. The first-order valence-corrected chi connectivity index (χ1v) is 5.86. The summed E-state index contributed by atoms with van der Waals surface area (Å²) in [4.78, 5) is 11.8. The molecular weight excluding hydrogens is 228 g/mol. The number of nitrogens with zero attached hydrogens (tertiary/aromatic N) is 1. The van der Waals surface area contributed by atoms with Crippen molar-refractivity contribution in [2.45, 2.75) is 26.3 Å². The van der Waals surface area contributed by atoms with Gasteiger partial charge >= 0.3 is 0 Å². The van der Waals surface area contributed by atoms with Crippen LogP contribution in [0.1, 0.15) is 19.4 Å². The first kappa shape index (κ1) is 14.2. The number of aliphatic hydroxyl groups is 1. The number of rotatable bonds is 5. The Balaban J connectivity index is 2.64. The predicted molar refractivity (Wildman–Crippen MR) is 68.6 cm³/mol. The van der Waals surface area contributed by atoms with Crippen LogP contribution >= 0.6 is 0 Å². The van der Waals surface area contributed by atoms with Crippen molar-refractivity contribution in [2.75, 3.05) is 6.61 Å². The van der Waals surface area contributed by atoms with Crippen molar-refractivity contribution in [3.63, 3.8) is 0 Å². The molecule has 0 aliphatic heterocycles. The molecule has 0 radical (unpaired) electrons. The molecule has 1 amide bonds. The van der Waals surface area contributed by atoms with Gasteiger partial charge in [-0.1, -0.05) is 30.3 Å². The van der Waals surface area contributed by atoms with E-state index in [1.54, 1.807) is 13.8 Å². The fraction of sp³-hybridized carbons (Fsp3) is 0.429. The highest BCUT2D eigenvalue weighted by Crippen LogP contribution is 2.13. The number of carbonyl (C=O) groups is 1. The van der Waals surface area contributed by atoms with Crippen LogP contribution in [0.25, 0.3) is 0 Å². The van der Waals surface area contributed by atoms with Gasteiger partial charge in [0, 0.05) is 0 Å². The quantitative estimate of drug-likeness (QED) is 0.821. The highest BCUT2D eigenvalue weighted by atomic mass is 16.3. The third-order valence-electron chi connectivity index (χ3n) is 2.73. The van der Waals surface area contributed by atoms with Gasteiger partial charge in [-0.3, -0.25) is 4.79 Å². The molecule has 4 heteroatoms. The monoisotopic (exact) mass is 246 g/mol. The van der Waals surface area contributed by atoms with E-state index in [2.05, 4.69) is 5.32 Å². The number of hydrogen-bond acceptors (Lipinski definition) is 3. The molecule has 0 spiro atoms. The summed E-state index contributed by atoms with van der Waals surface area (Å²) in [7, 11) is 0. The fourth-order valence-corrected chi connectivity index (χ4v) is 1.48. The SMILES string of the molecule is CC(C)(C#N)C(=O)NC(CO)Cc1ccccc1. The Morgan fingerprint density at radius 3 is 2.56 bits per heavy atom. The molecule has 2 N–H and O–H groups in total. The molecule has 1 unspecified atom stereocenters. The summed E-state index contributed by atoms with van der Waals surface area (Å²) in [5.74, 6) is -0.361. The van der Waals surface area contributed by atoms with E-state index in [4.69, 9.17) is 5.26 Å². The normalized spacial score (nSPS) is 12.6. The van der Waals surface area contributed by atoms with Crippen LogP contribution in [0.5, 0.6) is 0 Å². The summed E-state index contributed by atoms with van der Waals surface area (Å²) >= 11 is 0. The zero-order valence-electron chi connectivity index (χ0n) is 10.7. The topological polar surface area (TPSA) is 73.1 Å². The average Bonchev–Trinajstić information content (AvgIpc) is 2.38. The van der Waals surface area contributed by atoms with Gasteiger partial charge in [-0.25, -0.2) is 0 Å². The Hall–Kier alpha value is -1.86. The van der Waals surface area contributed by atoms with Crippen LogP contribution in [0, 0.1) is 16.7 Å². The van der Waals surface area contributed by atoms with Crippen molar-refractivity contribution in [1.82, 2.24) is 5.32 Å². The van der Waals surface area contributed by atoms with Gasteiger partial charge in [-0.05, 0) is 25.8 Å². The molecular formula is C14H18N2O2. The number of hydrogen-bond donors (Lipinski definition) is 2. The summed E-state index contributed by atoms with van der Waals surface area (Å²) in [5.41, 5.74) is -0.0454. The molecule has 0 aliphatic rings. The second kappa shape index (κ2) is 6.18. The minimum atomic E-state index is -1.08.